The predicted octanol–water partition coefficient (Wildman–Crippen LogP) is 1.56. The van der Waals surface area contributed by atoms with E-state index in [1.165, 1.54) is 25.1 Å². The molecule has 1 fully saturated rings. The van der Waals surface area contributed by atoms with Gasteiger partial charge in [0.2, 0.25) is 5.91 Å². The van der Waals surface area contributed by atoms with Gasteiger partial charge < -0.3 is 14.8 Å². The van der Waals surface area contributed by atoms with Crippen molar-refractivity contribution in [2.75, 3.05) is 18.5 Å². The molecule has 2 rings (SSSR count). The molecule has 86 valence electrons. The Morgan fingerprint density at radius 2 is 2.44 bits per heavy atom. The maximum atomic E-state index is 13.0. The van der Waals surface area contributed by atoms with Crippen molar-refractivity contribution in [2.24, 2.45) is 0 Å². The van der Waals surface area contributed by atoms with E-state index >= 15 is 0 Å². The third-order valence-corrected chi connectivity index (χ3v) is 2.08. The van der Waals surface area contributed by atoms with Crippen LogP contribution in [0.3, 0.4) is 0 Å². The largest absolute Gasteiger partial charge is 0.488 e. The van der Waals surface area contributed by atoms with Crippen LogP contribution in [-0.2, 0) is 9.53 Å². The Morgan fingerprint density at radius 3 is 3.06 bits per heavy atom. The van der Waals surface area contributed by atoms with Gasteiger partial charge in [0, 0.05) is 13.0 Å². The quantitative estimate of drug-likeness (QED) is 0.791. The Bertz CT molecular complexity index is 404. The molecule has 1 atom stereocenters. The van der Waals surface area contributed by atoms with E-state index in [-0.39, 0.29) is 12.0 Å². The van der Waals surface area contributed by atoms with Crippen molar-refractivity contribution < 1.29 is 18.7 Å². The highest BCUT2D eigenvalue weighted by molar-refractivity contribution is 5.90. The molecule has 0 saturated carbocycles. The average Bonchev–Trinajstić information content (AvgIpc) is 3.01. The summed E-state index contributed by atoms with van der Waals surface area (Å²) >= 11 is 0. The van der Waals surface area contributed by atoms with E-state index in [0.29, 0.717) is 24.7 Å². The number of halogens is 1. The lowest BCUT2D eigenvalue weighted by molar-refractivity contribution is -0.114. The standard InChI is InChI=1S/C11H12FNO3/c1-7(14)13-10-3-2-8(12)4-11(10)16-6-9-5-15-9/h2-4,9H,5-6H2,1H3,(H,13,14)/t9-/m1/s1. The second-order valence-electron chi connectivity index (χ2n) is 3.59. The van der Waals surface area contributed by atoms with Crippen LogP contribution >= 0.6 is 0 Å². The van der Waals surface area contributed by atoms with Gasteiger partial charge in [-0.2, -0.15) is 0 Å². The number of hydrogen-bond acceptors (Lipinski definition) is 3. The van der Waals surface area contributed by atoms with E-state index in [9.17, 15) is 9.18 Å². The molecule has 1 heterocycles. The molecule has 1 amide bonds. The van der Waals surface area contributed by atoms with Gasteiger partial charge in [-0.05, 0) is 12.1 Å². The summed E-state index contributed by atoms with van der Waals surface area (Å²) in [5.41, 5.74) is 0.467. The normalized spacial score (nSPS) is 18.0. The topological polar surface area (TPSA) is 50.9 Å². The van der Waals surface area contributed by atoms with Crippen LogP contribution < -0.4 is 10.1 Å². The summed E-state index contributed by atoms with van der Waals surface area (Å²) in [5.74, 6) is -0.300. The van der Waals surface area contributed by atoms with E-state index in [1.54, 1.807) is 0 Å². The number of benzene rings is 1. The summed E-state index contributed by atoms with van der Waals surface area (Å²) in [6, 6.07) is 3.99. The molecule has 0 unspecified atom stereocenters. The summed E-state index contributed by atoms with van der Waals surface area (Å²) in [5, 5.41) is 2.57. The van der Waals surface area contributed by atoms with Gasteiger partial charge in [0.25, 0.3) is 0 Å². The summed E-state index contributed by atoms with van der Waals surface area (Å²) in [6.07, 6.45) is 0.0912. The van der Waals surface area contributed by atoms with Gasteiger partial charge >= 0.3 is 0 Å². The second kappa shape index (κ2) is 4.49. The van der Waals surface area contributed by atoms with Gasteiger partial charge in [-0.15, -0.1) is 0 Å². The van der Waals surface area contributed by atoms with Crippen molar-refractivity contribution in [1.29, 1.82) is 0 Å². The molecule has 1 saturated heterocycles. The lowest BCUT2D eigenvalue weighted by Gasteiger charge is -2.10. The highest BCUT2D eigenvalue weighted by Gasteiger charge is 2.23. The van der Waals surface area contributed by atoms with Crippen LogP contribution in [0.1, 0.15) is 6.92 Å². The van der Waals surface area contributed by atoms with Crippen molar-refractivity contribution >= 4 is 11.6 Å². The molecule has 1 aliphatic heterocycles. The minimum absolute atomic E-state index is 0.0912. The Kier molecular flexibility index (Phi) is 3.05. The first kappa shape index (κ1) is 10.9. The SMILES string of the molecule is CC(=O)Nc1ccc(F)cc1OC[C@H]1CO1. The monoisotopic (exact) mass is 225 g/mol. The van der Waals surface area contributed by atoms with Crippen LogP contribution in [0.5, 0.6) is 5.75 Å². The fourth-order valence-electron chi connectivity index (χ4n) is 1.26. The zero-order valence-electron chi connectivity index (χ0n) is 8.83. The van der Waals surface area contributed by atoms with E-state index in [0.717, 1.165) is 0 Å². The van der Waals surface area contributed by atoms with E-state index in [1.807, 2.05) is 0 Å². The third-order valence-electron chi connectivity index (χ3n) is 2.08. The molecule has 1 N–H and O–H groups in total. The van der Waals surface area contributed by atoms with Gasteiger partial charge in [0.15, 0.2) is 0 Å². The van der Waals surface area contributed by atoms with Gasteiger partial charge in [0.05, 0.1) is 12.3 Å². The van der Waals surface area contributed by atoms with Crippen LogP contribution in [0.4, 0.5) is 10.1 Å². The molecule has 1 aliphatic rings. The number of hydrogen-bond donors (Lipinski definition) is 1. The molecular formula is C11H12FNO3. The molecule has 0 spiro atoms. The molecule has 16 heavy (non-hydrogen) atoms. The van der Waals surface area contributed by atoms with Crippen LogP contribution in [0.15, 0.2) is 18.2 Å². The van der Waals surface area contributed by atoms with Gasteiger partial charge in [-0.25, -0.2) is 4.39 Å². The Hall–Kier alpha value is -1.62. The molecule has 1 aromatic rings. The second-order valence-corrected chi connectivity index (χ2v) is 3.59. The molecule has 5 heteroatoms. The smallest absolute Gasteiger partial charge is 0.221 e. The van der Waals surface area contributed by atoms with Crippen molar-refractivity contribution in [2.45, 2.75) is 13.0 Å². The summed E-state index contributed by atoms with van der Waals surface area (Å²) in [4.78, 5) is 10.9. The van der Waals surface area contributed by atoms with Gasteiger partial charge in [-0.1, -0.05) is 0 Å². The first-order chi connectivity index (χ1) is 7.65. The third kappa shape index (κ3) is 2.93. The fourth-order valence-corrected chi connectivity index (χ4v) is 1.26. The Labute approximate surface area is 92.4 Å². The van der Waals surface area contributed by atoms with Gasteiger partial charge in [0.1, 0.15) is 24.3 Å². The van der Waals surface area contributed by atoms with Crippen LogP contribution in [0.25, 0.3) is 0 Å². The van der Waals surface area contributed by atoms with E-state index < -0.39 is 5.82 Å². The molecule has 4 nitrogen and oxygen atoms in total. The highest BCUT2D eigenvalue weighted by atomic mass is 19.1. The number of anilines is 1. The van der Waals surface area contributed by atoms with Crippen LogP contribution in [0.2, 0.25) is 0 Å². The lowest BCUT2D eigenvalue weighted by atomic mass is 10.3. The number of epoxide rings is 1. The number of carbonyl (C=O) groups excluding carboxylic acids is 1. The number of rotatable bonds is 4. The lowest BCUT2D eigenvalue weighted by Crippen LogP contribution is -2.10. The van der Waals surface area contributed by atoms with E-state index in [4.69, 9.17) is 9.47 Å². The molecular weight excluding hydrogens is 213 g/mol. The maximum absolute atomic E-state index is 13.0. The van der Waals surface area contributed by atoms with Crippen molar-refractivity contribution in [3.8, 4) is 5.75 Å². The number of ether oxygens (including phenoxy) is 2. The fraction of sp³-hybridized carbons (Fsp3) is 0.364. The summed E-state index contributed by atoms with van der Waals surface area (Å²) in [7, 11) is 0. The Morgan fingerprint density at radius 1 is 1.69 bits per heavy atom. The maximum Gasteiger partial charge on any atom is 0.221 e. The van der Waals surface area contributed by atoms with Crippen molar-refractivity contribution in [1.82, 2.24) is 0 Å². The summed E-state index contributed by atoms with van der Waals surface area (Å²) in [6.45, 7) is 2.43. The zero-order chi connectivity index (χ0) is 11.5. The number of carbonyl (C=O) groups is 1. The number of nitrogens with one attached hydrogen (secondary N) is 1. The van der Waals surface area contributed by atoms with Crippen LogP contribution in [0, 0.1) is 5.82 Å². The molecule has 0 bridgehead atoms. The number of amides is 1. The molecule has 0 aromatic heterocycles. The predicted molar refractivity (Wildman–Crippen MR) is 55.9 cm³/mol. The minimum Gasteiger partial charge on any atom is -0.488 e. The van der Waals surface area contributed by atoms with Gasteiger partial charge in [-0.3, -0.25) is 4.79 Å². The molecule has 0 aliphatic carbocycles. The Balaban J connectivity index is 2.10. The first-order valence-corrected chi connectivity index (χ1v) is 4.96. The first-order valence-electron chi connectivity index (χ1n) is 4.96. The minimum atomic E-state index is -0.402. The molecule has 0 radical (unpaired) electrons. The average molecular weight is 225 g/mol. The van der Waals surface area contributed by atoms with Crippen molar-refractivity contribution in [3.05, 3.63) is 24.0 Å². The van der Waals surface area contributed by atoms with Crippen LogP contribution in [-0.4, -0.2) is 25.2 Å². The highest BCUT2D eigenvalue weighted by Crippen LogP contribution is 2.26. The van der Waals surface area contributed by atoms with E-state index in [2.05, 4.69) is 5.32 Å². The summed E-state index contributed by atoms with van der Waals surface area (Å²) < 4.78 is 23.3. The molecule has 1 aromatic carbocycles. The van der Waals surface area contributed by atoms with Crippen molar-refractivity contribution in [3.63, 3.8) is 0 Å². The zero-order valence-corrected chi connectivity index (χ0v) is 8.83.